The number of methoxy groups -OCH3 is 1. The SMILES string of the molecule is COCCCS(=O)(=O)c1ccc(/C(=N\O[C@@H]2CCOC2)C(=O)Nc2nc3ncc(OCCN(C)C)nc3s2)cc1. The van der Waals surface area contributed by atoms with E-state index < -0.39 is 15.7 Å². The summed E-state index contributed by atoms with van der Waals surface area (Å²) in [5.41, 5.74) is 0.699. The van der Waals surface area contributed by atoms with Crippen molar-refractivity contribution in [2.75, 3.05) is 65.2 Å². The van der Waals surface area contributed by atoms with Crippen molar-refractivity contribution in [3.63, 3.8) is 0 Å². The molecule has 1 N–H and O–H groups in total. The number of sulfone groups is 1. The van der Waals surface area contributed by atoms with Crippen LogP contribution in [0.25, 0.3) is 10.5 Å². The topological polar surface area (TPSA) is 154 Å². The normalized spacial score (nSPS) is 16.0. The van der Waals surface area contributed by atoms with Crippen LogP contribution in [0.4, 0.5) is 5.13 Å². The molecule has 0 aliphatic carbocycles. The molecule has 0 bridgehead atoms. The number of hydrogen-bond donors (Lipinski definition) is 1. The predicted octanol–water partition coefficient (Wildman–Crippen LogP) is 1.99. The average Bonchev–Trinajstić information content (AvgIpc) is 3.58. The van der Waals surface area contributed by atoms with Crippen LogP contribution >= 0.6 is 11.3 Å². The van der Waals surface area contributed by atoms with Crippen LogP contribution in [-0.2, 0) is 28.9 Å². The maximum absolute atomic E-state index is 13.3. The number of benzene rings is 1. The number of amides is 1. The lowest BCUT2D eigenvalue weighted by Gasteiger charge is -2.10. The lowest BCUT2D eigenvalue weighted by molar-refractivity contribution is -0.110. The highest BCUT2D eigenvalue weighted by atomic mass is 32.2. The third-order valence-electron chi connectivity index (χ3n) is 5.75. The highest BCUT2D eigenvalue weighted by Gasteiger charge is 2.22. The standard InChI is InChI=1S/C25H32N6O7S2/c1-31(2)10-13-37-20-15-26-22-24(27-20)39-25(28-22)29-23(32)21(30-38-18-9-12-36-16-18)17-5-7-19(8-6-17)40(33,34)14-4-11-35-3/h5-8,15,18H,4,9-14,16H2,1-3H3,(H,26,28,29,32)/b30-21+/t18-/m1/s1. The number of ether oxygens (including phenoxy) is 3. The number of fused-ring (bicyclic) bond motifs is 1. The smallest absolute Gasteiger partial charge is 0.280 e. The van der Waals surface area contributed by atoms with Crippen molar-refractivity contribution in [2.24, 2.45) is 5.16 Å². The Morgan fingerprint density at radius 2 is 2.02 bits per heavy atom. The van der Waals surface area contributed by atoms with Gasteiger partial charge in [0.1, 0.15) is 6.61 Å². The number of carbonyl (C=O) groups is 1. The second-order valence-corrected chi connectivity index (χ2v) is 12.3. The summed E-state index contributed by atoms with van der Waals surface area (Å²) in [5, 5.41) is 7.11. The molecule has 0 saturated carbocycles. The van der Waals surface area contributed by atoms with Gasteiger partial charge in [0.05, 0.1) is 30.1 Å². The average molecular weight is 593 g/mol. The Balaban J connectivity index is 1.52. The van der Waals surface area contributed by atoms with Crippen LogP contribution in [0.15, 0.2) is 40.5 Å². The number of thiazole rings is 1. The molecule has 216 valence electrons. The van der Waals surface area contributed by atoms with Gasteiger partial charge in [-0.05, 0) is 32.6 Å². The molecular formula is C25H32N6O7S2. The molecule has 40 heavy (non-hydrogen) atoms. The largest absolute Gasteiger partial charge is 0.475 e. The first kappa shape index (κ1) is 29.7. The van der Waals surface area contributed by atoms with Crippen molar-refractivity contribution in [1.29, 1.82) is 0 Å². The van der Waals surface area contributed by atoms with Gasteiger partial charge in [0, 0.05) is 32.2 Å². The van der Waals surface area contributed by atoms with Crippen LogP contribution in [0, 0.1) is 0 Å². The minimum atomic E-state index is -3.50. The van der Waals surface area contributed by atoms with E-state index >= 15 is 0 Å². The van der Waals surface area contributed by atoms with E-state index in [0.717, 1.165) is 17.9 Å². The number of nitrogens with one attached hydrogen (secondary N) is 1. The third kappa shape index (κ3) is 8.14. The summed E-state index contributed by atoms with van der Waals surface area (Å²) in [6, 6.07) is 5.94. The van der Waals surface area contributed by atoms with Crippen LogP contribution in [-0.4, -0.2) is 106 Å². The highest BCUT2D eigenvalue weighted by Crippen LogP contribution is 2.25. The second-order valence-electron chi connectivity index (χ2n) is 9.18. The van der Waals surface area contributed by atoms with Crippen molar-refractivity contribution in [1.82, 2.24) is 19.9 Å². The van der Waals surface area contributed by atoms with Gasteiger partial charge in [-0.2, -0.15) is 9.97 Å². The molecule has 1 aliphatic heterocycles. The Morgan fingerprint density at radius 3 is 2.73 bits per heavy atom. The summed E-state index contributed by atoms with van der Waals surface area (Å²) in [5.74, 6) is -0.271. The summed E-state index contributed by atoms with van der Waals surface area (Å²) in [7, 11) is 1.91. The number of carbonyl (C=O) groups excluding carboxylic acids is 1. The summed E-state index contributed by atoms with van der Waals surface area (Å²) in [6.07, 6.45) is 2.22. The Morgan fingerprint density at radius 1 is 1.23 bits per heavy atom. The van der Waals surface area contributed by atoms with Gasteiger partial charge in [0.25, 0.3) is 5.91 Å². The lowest BCUT2D eigenvalue weighted by atomic mass is 10.1. The summed E-state index contributed by atoms with van der Waals surface area (Å²) in [6.45, 7) is 2.43. The molecule has 0 radical (unpaired) electrons. The van der Waals surface area contributed by atoms with Crippen LogP contribution in [0.3, 0.4) is 0 Å². The Hall–Kier alpha value is -3.24. The van der Waals surface area contributed by atoms with Gasteiger partial charge in [0.15, 0.2) is 37.3 Å². The molecular weight excluding hydrogens is 560 g/mol. The van der Waals surface area contributed by atoms with E-state index in [4.69, 9.17) is 19.0 Å². The molecule has 0 unspecified atom stereocenters. The molecule has 0 spiro atoms. The van der Waals surface area contributed by atoms with Crippen molar-refractivity contribution >= 4 is 48.4 Å². The van der Waals surface area contributed by atoms with Gasteiger partial charge in [-0.3, -0.25) is 10.1 Å². The number of hydrogen-bond acceptors (Lipinski definition) is 13. The molecule has 13 nitrogen and oxygen atoms in total. The Labute approximate surface area is 236 Å². The molecule has 1 atom stereocenters. The first-order valence-electron chi connectivity index (χ1n) is 12.6. The molecule has 2 aromatic heterocycles. The van der Waals surface area contributed by atoms with Gasteiger partial charge in [-0.1, -0.05) is 28.6 Å². The zero-order valence-corrected chi connectivity index (χ0v) is 24.2. The maximum Gasteiger partial charge on any atom is 0.280 e. The lowest BCUT2D eigenvalue weighted by Crippen LogP contribution is -2.25. The fourth-order valence-corrected chi connectivity index (χ4v) is 5.67. The molecule has 4 rings (SSSR count). The Kier molecular flexibility index (Phi) is 10.3. The quantitative estimate of drug-likeness (QED) is 0.166. The molecule has 1 aromatic carbocycles. The molecule has 1 amide bonds. The van der Waals surface area contributed by atoms with E-state index in [1.165, 1.54) is 37.6 Å². The fraction of sp³-hybridized carbons (Fsp3) is 0.480. The minimum absolute atomic E-state index is 0.0388. The number of rotatable bonds is 14. The van der Waals surface area contributed by atoms with Crippen LogP contribution < -0.4 is 10.1 Å². The van der Waals surface area contributed by atoms with E-state index in [9.17, 15) is 13.2 Å². The summed E-state index contributed by atoms with van der Waals surface area (Å²) >= 11 is 1.14. The molecule has 1 saturated heterocycles. The van der Waals surface area contributed by atoms with E-state index in [1.807, 2.05) is 19.0 Å². The first-order chi connectivity index (χ1) is 19.2. The molecule has 3 heterocycles. The predicted molar refractivity (Wildman–Crippen MR) is 150 cm³/mol. The van der Waals surface area contributed by atoms with Crippen LogP contribution in [0.1, 0.15) is 18.4 Å². The van der Waals surface area contributed by atoms with Gasteiger partial charge in [0.2, 0.25) is 5.88 Å². The van der Waals surface area contributed by atoms with E-state index in [-0.39, 0.29) is 27.6 Å². The number of aromatic nitrogens is 3. The molecule has 1 fully saturated rings. The van der Waals surface area contributed by atoms with Crippen molar-refractivity contribution in [2.45, 2.75) is 23.8 Å². The van der Waals surface area contributed by atoms with Crippen molar-refractivity contribution in [3.05, 3.63) is 36.0 Å². The van der Waals surface area contributed by atoms with Gasteiger partial charge >= 0.3 is 0 Å². The van der Waals surface area contributed by atoms with E-state index in [2.05, 4.69) is 25.4 Å². The summed E-state index contributed by atoms with van der Waals surface area (Å²) < 4.78 is 41.2. The van der Waals surface area contributed by atoms with Crippen LogP contribution in [0.2, 0.25) is 0 Å². The van der Waals surface area contributed by atoms with Gasteiger partial charge in [-0.15, -0.1) is 0 Å². The molecule has 15 heteroatoms. The Bertz CT molecular complexity index is 1420. The van der Waals surface area contributed by atoms with Crippen molar-refractivity contribution in [3.8, 4) is 5.88 Å². The zero-order valence-electron chi connectivity index (χ0n) is 22.5. The maximum atomic E-state index is 13.3. The molecule has 3 aromatic rings. The summed E-state index contributed by atoms with van der Waals surface area (Å²) in [4.78, 5) is 34.6. The zero-order chi connectivity index (χ0) is 28.5. The number of likely N-dealkylation sites (N-methyl/N-ethyl adjacent to an activating group) is 1. The van der Waals surface area contributed by atoms with Gasteiger partial charge < -0.3 is 23.9 Å². The fourth-order valence-electron chi connectivity index (χ4n) is 3.60. The number of nitrogens with zero attached hydrogens (tertiary/aromatic N) is 5. The first-order valence-corrected chi connectivity index (χ1v) is 15.1. The van der Waals surface area contributed by atoms with Crippen molar-refractivity contribution < 1.29 is 32.3 Å². The highest BCUT2D eigenvalue weighted by molar-refractivity contribution is 7.91. The number of oxime groups is 1. The monoisotopic (exact) mass is 592 g/mol. The number of anilines is 1. The molecule has 1 aliphatic rings. The van der Waals surface area contributed by atoms with Crippen LogP contribution in [0.5, 0.6) is 5.88 Å². The van der Waals surface area contributed by atoms with Gasteiger partial charge in [-0.25, -0.2) is 13.4 Å². The second kappa shape index (κ2) is 13.9. The third-order valence-corrected chi connectivity index (χ3v) is 8.42. The van der Waals surface area contributed by atoms with E-state index in [1.54, 1.807) is 0 Å². The minimum Gasteiger partial charge on any atom is -0.475 e. The van der Waals surface area contributed by atoms with E-state index in [0.29, 0.717) is 61.2 Å².